The van der Waals surface area contributed by atoms with E-state index in [-0.39, 0.29) is 0 Å². The molecule has 0 aliphatic carbocycles. The van der Waals surface area contributed by atoms with Crippen molar-refractivity contribution in [3.05, 3.63) is 17.5 Å². The van der Waals surface area contributed by atoms with Crippen LogP contribution in [0.25, 0.3) is 0 Å². The van der Waals surface area contributed by atoms with E-state index >= 15 is 0 Å². The number of hydrogen-bond acceptors (Lipinski definition) is 4. The number of nitrogens with zero attached hydrogens (tertiary/aromatic N) is 2. The van der Waals surface area contributed by atoms with Crippen LogP contribution < -0.4 is 5.32 Å². The van der Waals surface area contributed by atoms with E-state index in [4.69, 9.17) is 4.52 Å². The van der Waals surface area contributed by atoms with Gasteiger partial charge in [0.15, 0.2) is 5.76 Å². The molecule has 0 bridgehead atoms. The average Bonchev–Trinajstić information content (AvgIpc) is 2.64. The van der Waals surface area contributed by atoms with Crippen molar-refractivity contribution in [1.82, 2.24) is 15.4 Å². The van der Waals surface area contributed by atoms with E-state index in [0.717, 1.165) is 43.6 Å². The van der Waals surface area contributed by atoms with Crippen molar-refractivity contribution in [3.63, 3.8) is 0 Å². The fraction of sp³-hybridized carbons (Fsp3) is 0.786. The van der Waals surface area contributed by atoms with E-state index in [9.17, 15) is 0 Å². The van der Waals surface area contributed by atoms with Crippen molar-refractivity contribution in [2.24, 2.45) is 5.92 Å². The zero-order valence-electron chi connectivity index (χ0n) is 11.8. The molecule has 18 heavy (non-hydrogen) atoms. The lowest BCUT2D eigenvalue weighted by molar-refractivity contribution is 0.208. The molecule has 1 saturated heterocycles. The Hall–Kier alpha value is -0.870. The predicted octanol–water partition coefficient (Wildman–Crippen LogP) is 2.19. The van der Waals surface area contributed by atoms with E-state index in [1.54, 1.807) is 0 Å². The van der Waals surface area contributed by atoms with Crippen LogP contribution in [-0.2, 0) is 6.54 Å². The first kappa shape index (κ1) is 13.6. The van der Waals surface area contributed by atoms with Crippen LogP contribution in [0.4, 0.5) is 0 Å². The monoisotopic (exact) mass is 251 g/mol. The quantitative estimate of drug-likeness (QED) is 0.890. The van der Waals surface area contributed by atoms with Crippen LogP contribution in [0.3, 0.4) is 0 Å². The molecule has 0 amide bonds. The molecule has 2 atom stereocenters. The predicted molar refractivity (Wildman–Crippen MR) is 72.4 cm³/mol. The Bertz CT molecular complexity index is 364. The largest absolute Gasteiger partial charge is 0.360 e. The van der Waals surface area contributed by atoms with Crippen molar-refractivity contribution >= 4 is 0 Å². The van der Waals surface area contributed by atoms with E-state index in [1.807, 2.05) is 13.0 Å². The van der Waals surface area contributed by atoms with Gasteiger partial charge in [-0.1, -0.05) is 25.4 Å². The second-order valence-electron chi connectivity index (χ2n) is 5.47. The molecule has 0 aromatic carbocycles. The highest BCUT2D eigenvalue weighted by atomic mass is 16.5. The SMILES string of the molecule is CCC(C)C1CN(Cc2cc(C)no2)CCCN1. The Morgan fingerprint density at radius 2 is 2.44 bits per heavy atom. The molecule has 1 aromatic rings. The van der Waals surface area contributed by atoms with Gasteiger partial charge in [-0.2, -0.15) is 0 Å². The summed E-state index contributed by atoms with van der Waals surface area (Å²) in [5, 5.41) is 7.62. The van der Waals surface area contributed by atoms with E-state index < -0.39 is 0 Å². The van der Waals surface area contributed by atoms with Crippen LogP contribution in [0, 0.1) is 12.8 Å². The van der Waals surface area contributed by atoms with Gasteiger partial charge in [0, 0.05) is 18.7 Å². The second kappa shape index (κ2) is 6.34. The van der Waals surface area contributed by atoms with Crippen molar-refractivity contribution in [2.45, 2.75) is 46.2 Å². The Labute approximate surface area is 110 Å². The maximum atomic E-state index is 5.32. The van der Waals surface area contributed by atoms with Gasteiger partial charge in [-0.15, -0.1) is 0 Å². The smallest absolute Gasteiger partial charge is 0.150 e. The van der Waals surface area contributed by atoms with Crippen LogP contribution in [0.5, 0.6) is 0 Å². The molecule has 0 spiro atoms. The van der Waals surface area contributed by atoms with E-state index in [0.29, 0.717) is 6.04 Å². The van der Waals surface area contributed by atoms with E-state index in [2.05, 4.69) is 29.2 Å². The van der Waals surface area contributed by atoms with Crippen LogP contribution in [0.2, 0.25) is 0 Å². The molecule has 2 rings (SSSR count). The molecule has 1 fully saturated rings. The summed E-state index contributed by atoms with van der Waals surface area (Å²) in [4.78, 5) is 2.48. The summed E-state index contributed by atoms with van der Waals surface area (Å²) in [7, 11) is 0. The van der Waals surface area contributed by atoms with E-state index in [1.165, 1.54) is 12.8 Å². The third-order valence-electron chi connectivity index (χ3n) is 3.90. The normalized spacial score (nSPS) is 23.8. The van der Waals surface area contributed by atoms with Crippen molar-refractivity contribution < 1.29 is 4.52 Å². The molecular formula is C14H25N3O. The summed E-state index contributed by atoms with van der Waals surface area (Å²) in [6.07, 6.45) is 2.44. The fourth-order valence-electron chi connectivity index (χ4n) is 2.54. The summed E-state index contributed by atoms with van der Waals surface area (Å²) in [6.45, 7) is 10.8. The van der Waals surface area contributed by atoms with Crippen molar-refractivity contribution in [3.8, 4) is 0 Å². The number of nitrogens with one attached hydrogen (secondary N) is 1. The summed E-state index contributed by atoms with van der Waals surface area (Å²) < 4.78 is 5.32. The van der Waals surface area contributed by atoms with Gasteiger partial charge in [0.05, 0.1) is 12.2 Å². The Morgan fingerprint density at radius 3 is 3.11 bits per heavy atom. The topological polar surface area (TPSA) is 41.3 Å². The molecule has 1 aromatic heterocycles. The highest BCUT2D eigenvalue weighted by molar-refractivity contribution is 5.03. The zero-order valence-corrected chi connectivity index (χ0v) is 11.8. The van der Waals surface area contributed by atoms with Gasteiger partial charge in [0.1, 0.15) is 0 Å². The van der Waals surface area contributed by atoms with Gasteiger partial charge in [-0.25, -0.2) is 0 Å². The molecule has 4 nitrogen and oxygen atoms in total. The number of aryl methyl sites for hydroxylation is 1. The molecule has 1 aliphatic heterocycles. The molecule has 2 heterocycles. The van der Waals surface area contributed by atoms with Gasteiger partial charge in [0.25, 0.3) is 0 Å². The average molecular weight is 251 g/mol. The van der Waals surface area contributed by atoms with Crippen LogP contribution in [0.1, 0.15) is 38.1 Å². The first-order valence-corrected chi connectivity index (χ1v) is 7.07. The highest BCUT2D eigenvalue weighted by Crippen LogP contribution is 2.15. The summed E-state index contributed by atoms with van der Waals surface area (Å²) in [5.41, 5.74) is 0.969. The number of rotatable bonds is 4. The van der Waals surface area contributed by atoms with Crippen LogP contribution >= 0.6 is 0 Å². The lowest BCUT2D eigenvalue weighted by Gasteiger charge is -2.27. The lowest BCUT2D eigenvalue weighted by Crippen LogP contribution is -2.41. The molecular weight excluding hydrogens is 226 g/mol. The van der Waals surface area contributed by atoms with Crippen molar-refractivity contribution in [1.29, 1.82) is 0 Å². The minimum absolute atomic E-state index is 0.599. The summed E-state index contributed by atoms with van der Waals surface area (Å²) >= 11 is 0. The molecule has 1 aliphatic rings. The Balaban J connectivity index is 1.94. The van der Waals surface area contributed by atoms with Gasteiger partial charge in [-0.3, -0.25) is 4.90 Å². The maximum Gasteiger partial charge on any atom is 0.150 e. The highest BCUT2D eigenvalue weighted by Gasteiger charge is 2.22. The second-order valence-corrected chi connectivity index (χ2v) is 5.47. The Morgan fingerprint density at radius 1 is 1.61 bits per heavy atom. The maximum absolute atomic E-state index is 5.32. The molecule has 102 valence electrons. The standard InChI is InChI=1S/C14H25N3O/c1-4-11(2)14-10-17(7-5-6-15-14)9-13-8-12(3)16-18-13/h8,11,14-15H,4-7,9-10H2,1-3H3. The number of hydrogen-bond donors (Lipinski definition) is 1. The van der Waals surface area contributed by atoms with Crippen molar-refractivity contribution in [2.75, 3.05) is 19.6 Å². The molecule has 1 N–H and O–H groups in total. The van der Waals surface area contributed by atoms with Crippen LogP contribution in [0.15, 0.2) is 10.6 Å². The molecule has 0 radical (unpaired) electrons. The third-order valence-corrected chi connectivity index (χ3v) is 3.90. The lowest BCUT2D eigenvalue weighted by atomic mass is 9.99. The first-order valence-electron chi connectivity index (χ1n) is 7.07. The van der Waals surface area contributed by atoms with Gasteiger partial charge in [0.2, 0.25) is 0 Å². The first-order chi connectivity index (χ1) is 8.69. The van der Waals surface area contributed by atoms with Crippen LogP contribution in [-0.4, -0.2) is 35.7 Å². The third kappa shape index (κ3) is 3.56. The minimum atomic E-state index is 0.599. The minimum Gasteiger partial charge on any atom is -0.360 e. The van der Waals surface area contributed by atoms with Gasteiger partial charge >= 0.3 is 0 Å². The molecule has 4 heteroatoms. The van der Waals surface area contributed by atoms with Gasteiger partial charge in [-0.05, 0) is 32.4 Å². The number of aromatic nitrogens is 1. The Kier molecular flexibility index (Phi) is 4.78. The zero-order chi connectivity index (χ0) is 13.0. The summed E-state index contributed by atoms with van der Waals surface area (Å²) in [5.74, 6) is 1.71. The fourth-order valence-corrected chi connectivity index (χ4v) is 2.54. The molecule has 2 unspecified atom stereocenters. The summed E-state index contributed by atoms with van der Waals surface area (Å²) in [6, 6.07) is 2.64. The molecule has 0 saturated carbocycles. The van der Waals surface area contributed by atoms with Gasteiger partial charge < -0.3 is 9.84 Å².